The lowest BCUT2D eigenvalue weighted by molar-refractivity contribution is -0.113. The van der Waals surface area contributed by atoms with Gasteiger partial charge in [-0.3, -0.25) is 9.78 Å². The number of nitrogens with one attached hydrogen (secondary N) is 1. The van der Waals surface area contributed by atoms with E-state index in [9.17, 15) is 4.79 Å². The zero-order valence-corrected chi connectivity index (χ0v) is 8.39. The monoisotopic (exact) mass is 248 g/mol. The van der Waals surface area contributed by atoms with Crippen molar-refractivity contribution in [2.45, 2.75) is 0 Å². The van der Waals surface area contributed by atoms with Gasteiger partial charge >= 0.3 is 0 Å². The van der Waals surface area contributed by atoms with Gasteiger partial charge in [0.15, 0.2) is 0 Å². The summed E-state index contributed by atoms with van der Waals surface area (Å²) in [5.41, 5.74) is 0.677. The number of halogens is 2. The van der Waals surface area contributed by atoms with Gasteiger partial charge in [0, 0.05) is 12.4 Å². The molecular formula is C7H6BrClN2O. The molecule has 0 unspecified atom stereocenters. The number of alkyl halides is 1. The maximum atomic E-state index is 10.8. The predicted molar refractivity (Wildman–Crippen MR) is 51.3 cm³/mol. The molecule has 12 heavy (non-hydrogen) atoms. The predicted octanol–water partition coefficient (Wildman–Crippen LogP) is 2.02. The molecule has 1 amide bonds. The van der Waals surface area contributed by atoms with Gasteiger partial charge in [0.05, 0.1) is 10.2 Å². The number of nitrogens with zero attached hydrogens (tertiary/aromatic N) is 1. The number of anilines is 1. The Morgan fingerprint density at radius 3 is 3.08 bits per heavy atom. The fourth-order valence-corrected chi connectivity index (χ4v) is 1.08. The Balaban J connectivity index is 2.75. The van der Waals surface area contributed by atoms with Crippen LogP contribution >= 0.6 is 27.5 Å². The Labute approximate surface area is 83.3 Å². The van der Waals surface area contributed by atoms with Crippen LogP contribution in [0.2, 0.25) is 0 Å². The highest BCUT2D eigenvalue weighted by molar-refractivity contribution is 9.10. The maximum absolute atomic E-state index is 10.8. The fraction of sp³-hybridized carbons (Fsp3) is 0.143. The molecule has 0 saturated heterocycles. The van der Waals surface area contributed by atoms with Crippen molar-refractivity contribution in [2.75, 3.05) is 11.2 Å². The van der Waals surface area contributed by atoms with Gasteiger partial charge in [0.25, 0.3) is 0 Å². The first-order valence-electron chi connectivity index (χ1n) is 3.19. The van der Waals surface area contributed by atoms with Crippen molar-refractivity contribution in [3.63, 3.8) is 0 Å². The Bertz CT molecular complexity index is 292. The minimum atomic E-state index is -0.233. The van der Waals surface area contributed by atoms with Gasteiger partial charge in [-0.15, -0.1) is 11.6 Å². The van der Waals surface area contributed by atoms with E-state index in [4.69, 9.17) is 11.6 Å². The second-order valence-electron chi connectivity index (χ2n) is 2.04. The second-order valence-corrected chi connectivity index (χ2v) is 3.16. The smallest absolute Gasteiger partial charge is 0.239 e. The van der Waals surface area contributed by atoms with Crippen molar-refractivity contribution in [1.82, 2.24) is 4.98 Å². The normalized spacial score (nSPS) is 9.50. The summed E-state index contributed by atoms with van der Waals surface area (Å²) in [4.78, 5) is 14.7. The molecule has 3 nitrogen and oxygen atoms in total. The van der Waals surface area contributed by atoms with Gasteiger partial charge in [-0.1, -0.05) is 0 Å². The van der Waals surface area contributed by atoms with E-state index < -0.39 is 0 Å². The van der Waals surface area contributed by atoms with E-state index in [2.05, 4.69) is 26.2 Å². The highest BCUT2D eigenvalue weighted by Crippen LogP contribution is 2.19. The third kappa shape index (κ3) is 2.46. The van der Waals surface area contributed by atoms with Crippen molar-refractivity contribution in [3.8, 4) is 0 Å². The molecule has 0 atom stereocenters. The number of carbonyl (C=O) groups excluding carboxylic acids is 1. The first kappa shape index (κ1) is 9.48. The Kier molecular flexibility index (Phi) is 3.49. The number of pyridine rings is 1. The minimum Gasteiger partial charge on any atom is -0.324 e. The van der Waals surface area contributed by atoms with Gasteiger partial charge < -0.3 is 5.32 Å². The third-order valence-electron chi connectivity index (χ3n) is 1.17. The summed E-state index contributed by atoms with van der Waals surface area (Å²) in [5.74, 6) is -0.280. The molecule has 1 rings (SSSR count). The molecule has 0 spiro atoms. The number of hydrogen-bond acceptors (Lipinski definition) is 2. The van der Waals surface area contributed by atoms with Crippen LogP contribution in [0.3, 0.4) is 0 Å². The lowest BCUT2D eigenvalue weighted by Crippen LogP contribution is -2.12. The average molecular weight is 249 g/mol. The van der Waals surface area contributed by atoms with E-state index in [-0.39, 0.29) is 11.8 Å². The zero-order valence-electron chi connectivity index (χ0n) is 6.05. The Morgan fingerprint density at radius 2 is 2.50 bits per heavy atom. The quantitative estimate of drug-likeness (QED) is 0.815. The van der Waals surface area contributed by atoms with Gasteiger partial charge in [0.2, 0.25) is 5.91 Å². The van der Waals surface area contributed by atoms with E-state index in [1.54, 1.807) is 18.5 Å². The van der Waals surface area contributed by atoms with Crippen molar-refractivity contribution in [3.05, 3.63) is 22.9 Å². The summed E-state index contributed by atoms with van der Waals surface area (Å²) >= 11 is 8.54. The summed E-state index contributed by atoms with van der Waals surface area (Å²) in [6.45, 7) is 0. The molecule has 0 bridgehead atoms. The SMILES string of the molecule is O=C(CCl)Nc1ccncc1Br. The van der Waals surface area contributed by atoms with Crippen LogP contribution in [0.1, 0.15) is 0 Å². The van der Waals surface area contributed by atoms with Gasteiger partial charge in [-0.05, 0) is 22.0 Å². The molecule has 64 valence electrons. The second kappa shape index (κ2) is 4.42. The van der Waals surface area contributed by atoms with E-state index in [1.165, 1.54) is 0 Å². The lowest BCUT2D eigenvalue weighted by Gasteiger charge is -2.03. The summed E-state index contributed by atoms with van der Waals surface area (Å²) in [6, 6.07) is 1.69. The van der Waals surface area contributed by atoms with Crippen LogP contribution in [-0.2, 0) is 4.79 Å². The number of carbonyl (C=O) groups is 1. The van der Waals surface area contributed by atoms with Crippen molar-refractivity contribution in [1.29, 1.82) is 0 Å². The summed E-state index contributed by atoms with van der Waals surface area (Å²) in [5, 5.41) is 2.60. The van der Waals surface area contributed by atoms with E-state index in [1.807, 2.05) is 0 Å². The molecule has 0 fully saturated rings. The summed E-state index contributed by atoms with van der Waals surface area (Å²) in [7, 11) is 0. The molecule has 0 aliphatic heterocycles. The highest BCUT2D eigenvalue weighted by atomic mass is 79.9. The Hall–Kier alpha value is -0.610. The van der Waals surface area contributed by atoms with E-state index >= 15 is 0 Å². The van der Waals surface area contributed by atoms with Crippen LogP contribution < -0.4 is 5.32 Å². The molecule has 1 aromatic rings. The standard InChI is InChI=1S/C7H6BrClN2O/c8-5-4-10-2-1-6(5)11-7(12)3-9/h1-2,4H,3H2,(H,10,11,12). The molecule has 0 radical (unpaired) electrons. The van der Waals surface area contributed by atoms with E-state index in [0.29, 0.717) is 5.69 Å². The van der Waals surface area contributed by atoms with Crippen molar-refractivity contribution < 1.29 is 4.79 Å². The number of aromatic nitrogens is 1. The number of amides is 1. The molecule has 0 aromatic carbocycles. The molecule has 5 heteroatoms. The first-order valence-corrected chi connectivity index (χ1v) is 4.52. The maximum Gasteiger partial charge on any atom is 0.239 e. The van der Waals surface area contributed by atoms with Crippen LogP contribution in [-0.4, -0.2) is 16.8 Å². The molecule has 0 saturated carbocycles. The van der Waals surface area contributed by atoms with Gasteiger partial charge in [0.1, 0.15) is 5.88 Å². The van der Waals surface area contributed by atoms with Crippen LogP contribution in [0.25, 0.3) is 0 Å². The van der Waals surface area contributed by atoms with E-state index in [0.717, 1.165) is 4.47 Å². The third-order valence-corrected chi connectivity index (χ3v) is 2.04. The first-order chi connectivity index (χ1) is 5.74. The van der Waals surface area contributed by atoms with Crippen LogP contribution in [0.15, 0.2) is 22.9 Å². The molecule has 1 aromatic heterocycles. The van der Waals surface area contributed by atoms with Crippen molar-refractivity contribution in [2.24, 2.45) is 0 Å². The largest absolute Gasteiger partial charge is 0.324 e. The fourth-order valence-electron chi connectivity index (χ4n) is 0.660. The lowest BCUT2D eigenvalue weighted by atomic mass is 10.4. The zero-order chi connectivity index (χ0) is 8.97. The Morgan fingerprint density at radius 1 is 1.75 bits per heavy atom. The molecular weight excluding hydrogens is 243 g/mol. The van der Waals surface area contributed by atoms with Gasteiger partial charge in [-0.25, -0.2) is 0 Å². The van der Waals surface area contributed by atoms with Crippen LogP contribution in [0.4, 0.5) is 5.69 Å². The minimum absolute atomic E-state index is 0.0469. The highest BCUT2D eigenvalue weighted by Gasteiger charge is 2.02. The molecule has 1 N–H and O–H groups in total. The average Bonchev–Trinajstić information content (AvgIpc) is 2.09. The molecule has 0 aliphatic carbocycles. The van der Waals surface area contributed by atoms with Gasteiger partial charge in [-0.2, -0.15) is 0 Å². The number of rotatable bonds is 2. The summed E-state index contributed by atoms with van der Waals surface area (Å²) < 4.78 is 0.739. The molecule has 1 heterocycles. The molecule has 0 aliphatic rings. The van der Waals surface area contributed by atoms with Crippen LogP contribution in [0.5, 0.6) is 0 Å². The topological polar surface area (TPSA) is 42.0 Å². The summed E-state index contributed by atoms with van der Waals surface area (Å²) in [6.07, 6.45) is 3.19. The van der Waals surface area contributed by atoms with Crippen molar-refractivity contribution >= 4 is 39.1 Å². The van der Waals surface area contributed by atoms with Crippen LogP contribution in [0, 0.1) is 0 Å². The number of hydrogen-bond donors (Lipinski definition) is 1.